The maximum absolute atomic E-state index is 12.5. The first-order valence-electron chi connectivity index (χ1n) is 8.74. The number of ketones is 1. The van der Waals surface area contributed by atoms with Gasteiger partial charge in [-0.05, 0) is 32.4 Å². The van der Waals surface area contributed by atoms with E-state index in [-0.39, 0.29) is 29.1 Å². The van der Waals surface area contributed by atoms with Crippen LogP contribution in [0.5, 0.6) is 0 Å². The lowest BCUT2D eigenvalue weighted by Gasteiger charge is -2.09. The molecule has 154 valence electrons. The second-order valence-electron chi connectivity index (χ2n) is 6.08. The van der Waals surface area contributed by atoms with E-state index in [0.29, 0.717) is 16.9 Å². The monoisotopic (exact) mass is 403 g/mol. The van der Waals surface area contributed by atoms with Crippen LogP contribution >= 0.6 is 0 Å². The summed E-state index contributed by atoms with van der Waals surface area (Å²) in [5.41, 5.74) is 1.23. The lowest BCUT2D eigenvalue weighted by molar-refractivity contribution is -0.384. The van der Waals surface area contributed by atoms with Crippen molar-refractivity contribution in [2.45, 2.75) is 20.8 Å². The standard InChI is InChI=1S/C19H21N3O7/c1-5-28-19(25)16-10(2)17(21-11(16)3)15(23)9-29-18(24)13-8-12(22(26)27)6-7-14(13)20-4/h6-8,20-21H,5,9H2,1-4H3. The number of nitrogens with zero attached hydrogens (tertiary/aromatic N) is 1. The number of nitro benzene ring substituents is 1. The molecule has 0 bridgehead atoms. The van der Waals surface area contributed by atoms with Crippen molar-refractivity contribution in [2.24, 2.45) is 0 Å². The summed E-state index contributed by atoms with van der Waals surface area (Å²) < 4.78 is 10.0. The molecule has 10 heteroatoms. The van der Waals surface area contributed by atoms with Gasteiger partial charge in [-0.15, -0.1) is 0 Å². The van der Waals surface area contributed by atoms with Gasteiger partial charge in [-0.25, -0.2) is 9.59 Å². The average Bonchev–Trinajstić information content (AvgIpc) is 2.99. The fourth-order valence-corrected chi connectivity index (χ4v) is 2.85. The molecular formula is C19H21N3O7. The minimum Gasteiger partial charge on any atom is -0.462 e. The first-order chi connectivity index (χ1) is 13.7. The van der Waals surface area contributed by atoms with Crippen LogP contribution in [0.2, 0.25) is 0 Å². The molecule has 0 radical (unpaired) electrons. The summed E-state index contributed by atoms with van der Waals surface area (Å²) in [4.78, 5) is 50.0. The average molecular weight is 403 g/mol. The van der Waals surface area contributed by atoms with Gasteiger partial charge in [-0.1, -0.05) is 0 Å². The Hall–Kier alpha value is -3.69. The molecule has 2 aromatic rings. The minimum atomic E-state index is -0.891. The molecular weight excluding hydrogens is 382 g/mol. The van der Waals surface area contributed by atoms with Crippen molar-refractivity contribution >= 4 is 29.1 Å². The van der Waals surface area contributed by atoms with Crippen molar-refractivity contribution in [2.75, 3.05) is 25.6 Å². The number of anilines is 1. The Morgan fingerprint density at radius 1 is 1.17 bits per heavy atom. The predicted octanol–water partition coefficient (Wildman–Crippen LogP) is 2.80. The number of carbonyl (C=O) groups is 3. The Morgan fingerprint density at radius 2 is 1.86 bits per heavy atom. The van der Waals surface area contributed by atoms with E-state index in [4.69, 9.17) is 9.47 Å². The maximum atomic E-state index is 12.5. The van der Waals surface area contributed by atoms with Crippen LogP contribution in [0.15, 0.2) is 18.2 Å². The largest absolute Gasteiger partial charge is 0.462 e. The summed E-state index contributed by atoms with van der Waals surface area (Å²) in [7, 11) is 1.55. The SMILES string of the molecule is CCOC(=O)c1c(C)[nH]c(C(=O)COC(=O)c2cc([N+](=O)[O-])ccc2NC)c1C. The molecule has 0 aliphatic carbocycles. The number of aromatic nitrogens is 1. The van der Waals surface area contributed by atoms with Crippen LogP contribution in [0.3, 0.4) is 0 Å². The van der Waals surface area contributed by atoms with E-state index in [9.17, 15) is 24.5 Å². The van der Waals surface area contributed by atoms with Crippen LogP contribution in [0, 0.1) is 24.0 Å². The molecule has 2 rings (SSSR count). The van der Waals surface area contributed by atoms with Crippen molar-refractivity contribution in [1.82, 2.24) is 4.98 Å². The van der Waals surface area contributed by atoms with Crippen LogP contribution in [0.4, 0.5) is 11.4 Å². The molecule has 0 atom stereocenters. The third-order valence-corrected chi connectivity index (χ3v) is 4.23. The zero-order chi connectivity index (χ0) is 21.7. The summed E-state index contributed by atoms with van der Waals surface area (Å²) in [5, 5.41) is 13.7. The third-order valence-electron chi connectivity index (χ3n) is 4.23. The van der Waals surface area contributed by atoms with Crippen molar-refractivity contribution in [3.05, 3.63) is 56.4 Å². The molecule has 0 unspecified atom stereocenters. The molecule has 0 aliphatic rings. The number of aryl methyl sites for hydroxylation is 1. The van der Waals surface area contributed by atoms with Gasteiger partial charge < -0.3 is 19.8 Å². The number of hydrogen-bond acceptors (Lipinski definition) is 8. The molecule has 0 amide bonds. The van der Waals surface area contributed by atoms with Crippen LogP contribution < -0.4 is 5.32 Å². The minimum absolute atomic E-state index is 0.0684. The Morgan fingerprint density at radius 3 is 2.45 bits per heavy atom. The predicted molar refractivity (Wildman–Crippen MR) is 103 cm³/mol. The Bertz CT molecular complexity index is 978. The second kappa shape index (κ2) is 9.00. The van der Waals surface area contributed by atoms with E-state index < -0.39 is 29.3 Å². The third kappa shape index (κ3) is 4.60. The van der Waals surface area contributed by atoms with Gasteiger partial charge in [0, 0.05) is 30.6 Å². The van der Waals surface area contributed by atoms with Gasteiger partial charge in [0.1, 0.15) is 0 Å². The number of aromatic amines is 1. The fourth-order valence-electron chi connectivity index (χ4n) is 2.85. The molecule has 0 saturated heterocycles. The molecule has 0 aliphatic heterocycles. The highest BCUT2D eigenvalue weighted by molar-refractivity contribution is 6.03. The zero-order valence-corrected chi connectivity index (χ0v) is 16.5. The fraction of sp³-hybridized carbons (Fsp3) is 0.316. The Labute approximate surface area is 166 Å². The number of rotatable bonds is 8. The molecule has 2 N–H and O–H groups in total. The number of hydrogen-bond donors (Lipinski definition) is 2. The number of non-ortho nitro benzene ring substituents is 1. The van der Waals surface area contributed by atoms with E-state index in [2.05, 4.69) is 10.3 Å². The quantitative estimate of drug-likeness (QED) is 0.297. The molecule has 29 heavy (non-hydrogen) atoms. The zero-order valence-electron chi connectivity index (χ0n) is 16.5. The van der Waals surface area contributed by atoms with E-state index in [1.54, 1.807) is 27.8 Å². The first kappa shape index (κ1) is 21.6. The van der Waals surface area contributed by atoms with Gasteiger partial charge in [-0.2, -0.15) is 0 Å². The van der Waals surface area contributed by atoms with Crippen molar-refractivity contribution in [3.8, 4) is 0 Å². The topological polar surface area (TPSA) is 141 Å². The number of nitrogens with one attached hydrogen (secondary N) is 2. The highest BCUT2D eigenvalue weighted by Crippen LogP contribution is 2.23. The Balaban J connectivity index is 2.19. The van der Waals surface area contributed by atoms with Crippen LogP contribution in [0.1, 0.15) is 49.4 Å². The number of esters is 2. The molecule has 1 aromatic heterocycles. The number of carbonyl (C=O) groups excluding carboxylic acids is 3. The summed E-state index contributed by atoms with van der Waals surface area (Å²) in [6.45, 7) is 4.48. The highest BCUT2D eigenvalue weighted by atomic mass is 16.6. The van der Waals surface area contributed by atoms with Crippen LogP contribution in [-0.4, -0.2) is 47.9 Å². The van der Waals surface area contributed by atoms with Gasteiger partial charge >= 0.3 is 11.9 Å². The van der Waals surface area contributed by atoms with Crippen molar-refractivity contribution in [3.63, 3.8) is 0 Å². The van der Waals surface area contributed by atoms with Gasteiger partial charge in [0.2, 0.25) is 5.78 Å². The highest BCUT2D eigenvalue weighted by Gasteiger charge is 2.24. The molecule has 0 fully saturated rings. The van der Waals surface area contributed by atoms with E-state index in [1.807, 2.05) is 0 Å². The van der Waals surface area contributed by atoms with Crippen LogP contribution in [-0.2, 0) is 9.47 Å². The number of H-pyrrole nitrogens is 1. The van der Waals surface area contributed by atoms with E-state index >= 15 is 0 Å². The second-order valence-corrected chi connectivity index (χ2v) is 6.08. The first-order valence-corrected chi connectivity index (χ1v) is 8.74. The molecule has 0 saturated carbocycles. The molecule has 0 spiro atoms. The van der Waals surface area contributed by atoms with Crippen molar-refractivity contribution in [1.29, 1.82) is 0 Å². The summed E-state index contributed by atoms with van der Waals surface area (Å²) >= 11 is 0. The molecule has 1 heterocycles. The van der Waals surface area contributed by atoms with Gasteiger partial charge in [0.15, 0.2) is 6.61 Å². The van der Waals surface area contributed by atoms with Gasteiger partial charge in [0.05, 0.1) is 28.4 Å². The van der Waals surface area contributed by atoms with Gasteiger partial charge in [-0.3, -0.25) is 14.9 Å². The smallest absolute Gasteiger partial charge is 0.340 e. The summed E-state index contributed by atoms with van der Waals surface area (Å²) in [5.74, 6) is -1.99. The maximum Gasteiger partial charge on any atom is 0.340 e. The number of nitro groups is 1. The lowest BCUT2D eigenvalue weighted by Crippen LogP contribution is -2.16. The number of Topliss-reactive ketones (excluding diaryl/α,β-unsaturated/α-hetero) is 1. The molecule has 10 nitrogen and oxygen atoms in total. The summed E-state index contributed by atoms with van der Waals surface area (Å²) in [6, 6.07) is 3.69. The van der Waals surface area contributed by atoms with E-state index in [1.165, 1.54) is 12.1 Å². The van der Waals surface area contributed by atoms with Crippen molar-refractivity contribution < 1.29 is 28.8 Å². The Kier molecular flexibility index (Phi) is 6.71. The van der Waals surface area contributed by atoms with Crippen LogP contribution in [0.25, 0.3) is 0 Å². The normalized spacial score (nSPS) is 10.3. The summed E-state index contributed by atoms with van der Waals surface area (Å²) in [6.07, 6.45) is 0. The number of ether oxygens (including phenoxy) is 2. The number of benzene rings is 1. The van der Waals surface area contributed by atoms with E-state index in [0.717, 1.165) is 6.07 Å². The molecule has 1 aromatic carbocycles. The lowest BCUT2D eigenvalue weighted by atomic mass is 10.1. The van der Waals surface area contributed by atoms with Gasteiger partial charge in [0.25, 0.3) is 5.69 Å².